The third-order valence-electron chi connectivity index (χ3n) is 2.95. The van der Waals surface area contributed by atoms with Gasteiger partial charge < -0.3 is 9.15 Å². The minimum Gasteiger partial charge on any atom is -0.493 e. The molecule has 4 heteroatoms. The third kappa shape index (κ3) is 3.73. The zero-order valence-electron chi connectivity index (χ0n) is 12.1. The summed E-state index contributed by atoms with van der Waals surface area (Å²) in [6.45, 7) is 4.77. The van der Waals surface area contributed by atoms with Gasteiger partial charge in [-0.1, -0.05) is 26.0 Å². The molecule has 108 valence electrons. The summed E-state index contributed by atoms with van der Waals surface area (Å²) in [7, 11) is 0. The van der Waals surface area contributed by atoms with Gasteiger partial charge in [-0.25, -0.2) is 0 Å². The lowest BCUT2D eigenvalue weighted by Crippen LogP contribution is -2.10. The van der Waals surface area contributed by atoms with Crippen LogP contribution in [0.3, 0.4) is 0 Å². The van der Waals surface area contributed by atoms with E-state index in [-0.39, 0.29) is 11.5 Å². The highest BCUT2D eigenvalue weighted by molar-refractivity contribution is 6.00. The molecule has 0 spiro atoms. The van der Waals surface area contributed by atoms with E-state index < -0.39 is 5.92 Å². The van der Waals surface area contributed by atoms with Crippen LogP contribution >= 0.6 is 0 Å². The second-order valence-corrected chi connectivity index (χ2v) is 5.18. The summed E-state index contributed by atoms with van der Waals surface area (Å²) in [5.41, 5.74) is 0.635. The number of carbonyl (C=O) groups excluding carboxylic acids is 1. The Morgan fingerprint density at radius 3 is 2.52 bits per heavy atom. The number of nitrogens with zero attached hydrogens (tertiary/aromatic N) is 1. The molecule has 1 atom stereocenters. The molecule has 2 rings (SSSR count). The van der Waals surface area contributed by atoms with Crippen molar-refractivity contribution in [1.29, 1.82) is 5.26 Å². The van der Waals surface area contributed by atoms with Crippen molar-refractivity contribution in [3.05, 3.63) is 54.0 Å². The van der Waals surface area contributed by atoms with Crippen LogP contribution in [0.15, 0.2) is 47.1 Å². The molecule has 0 fully saturated rings. The van der Waals surface area contributed by atoms with Crippen molar-refractivity contribution in [2.45, 2.75) is 19.8 Å². The Labute approximate surface area is 124 Å². The highest BCUT2D eigenvalue weighted by atomic mass is 16.5. The summed E-state index contributed by atoms with van der Waals surface area (Å²) in [6.07, 6.45) is 1.42. The molecule has 0 saturated carbocycles. The van der Waals surface area contributed by atoms with Crippen LogP contribution in [0.2, 0.25) is 0 Å². The van der Waals surface area contributed by atoms with Crippen molar-refractivity contribution in [3.63, 3.8) is 0 Å². The lowest BCUT2D eigenvalue weighted by Gasteiger charge is -2.10. The highest BCUT2D eigenvalue weighted by Crippen LogP contribution is 2.23. The molecule has 0 N–H and O–H groups in total. The number of hydrogen-bond acceptors (Lipinski definition) is 4. The van der Waals surface area contributed by atoms with Crippen LogP contribution < -0.4 is 4.74 Å². The van der Waals surface area contributed by atoms with E-state index in [4.69, 9.17) is 9.15 Å². The van der Waals surface area contributed by atoms with Gasteiger partial charge in [-0.3, -0.25) is 4.79 Å². The monoisotopic (exact) mass is 283 g/mol. The Balaban J connectivity index is 2.12. The van der Waals surface area contributed by atoms with Crippen LogP contribution in [0.5, 0.6) is 5.75 Å². The first-order valence-corrected chi connectivity index (χ1v) is 6.82. The maximum atomic E-state index is 12.2. The largest absolute Gasteiger partial charge is 0.493 e. The Morgan fingerprint density at radius 2 is 2.00 bits per heavy atom. The molecule has 1 heterocycles. The van der Waals surface area contributed by atoms with Crippen LogP contribution in [0.1, 0.15) is 35.9 Å². The number of ether oxygens (including phenoxy) is 1. The first kappa shape index (κ1) is 14.9. The van der Waals surface area contributed by atoms with E-state index in [1.807, 2.05) is 6.07 Å². The molecule has 1 unspecified atom stereocenters. The predicted octanol–water partition coefficient (Wildman–Crippen LogP) is 3.80. The molecular weight excluding hydrogens is 266 g/mol. The SMILES string of the molecule is CC(C)COc1ccc(C(C#N)C(=O)c2ccco2)cc1. The molecule has 0 aliphatic rings. The van der Waals surface area contributed by atoms with E-state index in [2.05, 4.69) is 13.8 Å². The van der Waals surface area contributed by atoms with E-state index in [9.17, 15) is 10.1 Å². The van der Waals surface area contributed by atoms with Gasteiger partial charge in [0.2, 0.25) is 5.78 Å². The highest BCUT2D eigenvalue weighted by Gasteiger charge is 2.23. The molecule has 0 bridgehead atoms. The summed E-state index contributed by atoms with van der Waals surface area (Å²) in [4.78, 5) is 12.2. The summed E-state index contributed by atoms with van der Waals surface area (Å²) in [5, 5.41) is 9.25. The van der Waals surface area contributed by atoms with E-state index >= 15 is 0 Å². The van der Waals surface area contributed by atoms with Gasteiger partial charge in [-0.15, -0.1) is 0 Å². The van der Waals surface area contributed by atoms with Crippen LogP contribution in [-0.4, -0.2) is 12.4 Å². The fourth-order valence-corrected chi connectivity index (χ4v) is 1.86. The fraction of sp³-hybridized carbons (Fsp3) is 0.294. The van der Waals surface area contributed by atoms with Crippen molar-refractivity contribution >= 4 is 5.78 Å². The summed E-state index contributed by atoms with van der Waals surface area (Å²) in [6, 6.07) is 12.2. The molecule has 4 nitrogen and oxygen atoms in total. The molecule has 0 aliphatic heterocycles. The van der Waals surface area contributed by atoms with E-state index in [0.29, 0.717) is 18.1 Å². The number of ketones is 1. The average Bonchev–Trinajstić information content (AvgIpc) is 3.01. The van der Waals surface area contributed by atoms with Crippen molar-refractivity contribution in [2.75, 3.05) is 6.61 Å². The Hall–Kier alpha value is -2.54. The quantitative estimate of drug-likeness (QED) is 0.756. The van der Waals surface area contributed by atoms with Crippen LogP contribution in [0, 0.1) is 17.2 Å². The van der Waals surface area contributed by atoms with Gasteiger partial charge in [-0.2, -0.15) is 5.26 Å². The number of benzene rings is 1. The van der Waals surface area contributed by atoms with Crippen LogP contribution in [-0.2, 0) is 0 Å². The van der Waals surface area contributed by atoms with Gasteiger partial charge in [0.1, 0.15) is 11.7 Å². The molecule has 1 aromatic carbocycles. The molecule has 0 radical (unpaired) electrons. The van der Waals surface area contributed by atoms with Gasteiger partial charge in [0, 0.05) is 0 Å². The molecule has 21 heavy (non-hydrogen) atoms. The predicted molar refractivity (Wildman–Crippen MR) is 78.2 cm³/mol. The lowest BCUT2D eigenvalue weighted by molar-refractivity contribution is 0.0952. The van der Waals surface area contributed by atoms with Gasteiger partial charge in [-0.05, 0) is 35.7 Å². The van der Waals surface area contributed by atoms with E-state index in [1.54, 1.807) is 36.4 Å². The van der Waals surface area contributed by atoms with Gasteiger partial charge in [0.25, 0.3) is 0 Å². The first-order chi connectivity index (χ1) is 10.1. The fourth-order valence-electron chi connectivity index (χ4n) is 1.86. The number of nitriles is 1. The zero-order chi connectivity index (χ0) is 15.2. The zero-order valence-corrected chi connectivity index (χ0v) is 12.1. The number of furan rings is 1. The molecule has 1 aromatic heterocycles. The molecular formula is C17H17NO3. The third-order valence-corrected chi connectivity index (χ3v) is 2.95. The Bertz CT molecular complexity index is 621. The van der Waals surface area contributed by atoms with E-state index in [0.717, 1.165) is 5.75 Å². The smallest absolute Gasteiger partial charge is 0.219 e. The van der Waals surface area contributed by atoms with Crippen molar-refractivity contribution in [2.24, 2.45) is 5.92 Å². The number of hydrogen-bond donors (Lipinski definition) is 0. The maximum Gasteiger partial charge on any atom is 0.219 e. The number of carbonyl (C=O) groups is 1. The van der Waals surface area contributed by atoms with Crippen LogP contribution in [0.4, 0.5) is 0 Å². The average molecular weight is 283 g/mol. The van der Waals surface area contributed by atoms with Gasteiger partial charge in [0.05, 0.1) is 18.9 Å². The molecule has 0 aliphatic carbocycles. The molecule has 0 saturated heterocycles. The minimum absolute atomic E-state index is 0.196. The number of rotatable bonds is 6. The topological polar surface area (TPSA) is 63.2 Å². The summed E-state index contributed by atoms with van der Waals surface area (Å²) < 4.78 is 10.6. The van der Waals surface area contributed by atoms with Gasteiger partial charge in [0.15, 0.2) is 5.76 Å². The second-order valence-electron chi connectivity index (χ2n) is 5.18. The Kier molecular flexibility index (Phi) is 4.78. The van der Waals surface area contributed by atoms with E-state index in [1.165, 1.54) is 6.26 Å². The Morgan fingerprint density at radius 1 is 1.29 bits per heavy atom. The molecule has 2 aromatic rings. The summed E-state index contributed by atoms with van der Waals surface area (Å²) >= 11 is 0. The number of Topliss-reactive ketones (excluding diaryl/α,β-unsaturated/α-hetero) is 1. The normalized spacial score (nSPS) is 11.9. The van der Waals surface area contributed by atoms with Crippen molar-refractivity contribution < 1.29 is 13.9 Å². The molecule has 0 amide bonds. The summed E-state index contributed by atoms with van der Waals surface area (Å²) in [5.74, 6) is 0.169. The van der Waals surface area contributed by atoms with Crippen molar-refractivity contribution in [1.82, 2.24) is 0 Å². The maximum absolute atomic E-state index is 12.2. The van der Waals surface area contributed by atoms with Crippen molar-refractivity contribution in [3.8, 4) is 11.8 Å². The second kappa shape index (κ2) is 6.76. The minimum atomic E-state index is -0.865. The first-order valence-electron chi connectivity index (χ1n) is 6.82. The lowest BCUT2D eigenvalue weighted by atomic mass is 9.95. The van der Waals surface area contributed by atoms with Crippen LogP contribution in [0.25, 0.3) is 0 Å². The standard InChI is InChI=1S/C17H17NO3/c1-12(2)11-21-14-7-5-13(6-8-14)15(10-18)17(19)16-4-3-9-20-16/h3-9,12,15H,11H2,1-2H3. The van der Waals surface area contributed by atoms with Gasteiger partial charge >= 0.3 is 0 Å².